The number of carbonyl (C=O) groups excluding carboxylic acids is 2. The monoisotopic (exact) mass is 528 g/mol. The van der Waals surface area contributed by atoms with E-state index in [0.717, 1.165) is 0 Å². The third-order valence-corrected chi connectivity index (χ3v) is 22.0. The molecule has 0 aliphatic rings. The van der Waals surface area contributed by atoms with E-state index in [1.807, 2.05) is 0 Å². The Morgan fingerprint density at radius 3 is 1.70 bits per heavy atom. The molecule has 4 nitrogen and oxygen atoms in total. The molecular formula is C25H44O4Sn. The SMILES string of the molecule is C#CCC(C/C=C(/C)[CH2][Sn]([CH2]CCC)([CH2]CCC)[CH2]CCC)(C(=O)OC)C(=O)OC. The van der Waals surface area contributed by atoms with Gasteiger partial charge in [-0.3, -0.25) is 0 Å². The van der Waals surface area contributed by atoms with E-state index >= 15 is 0 Å². The fourth-order valence-corrected chi connectivity index (χ4v) is 21.2. The maximum atomic E-state index is 12.5. The molecular weight excluding hydrogens is 483 g/mol. The first-order valence-electron chi connectivity index (χ1n) is 11.6. The van der Waals surface area contributed by atoms with E-state index < -0.39 is 35.7 Å². The second-order valence-electron chi connectivity index (χ2n) is 8.69. The van der Waals surface area contributed by atoms with Crippen molar-refractivity contribution < 1.29 is 19.1 Å². The number of esters is 2. The van der Waals surface area contributed by atoms with Crippen LogP contribution in [0.1, 0.15) is 79.1 Å². The van der Waals surface area contributed by atoms with Crippen molar-refractivity contribution in [3.05, 3.63) is 11.6 Å². The molecule has 0 fully saturated rings. The van der Waals surface area contributed by atoms with Crippen LogP contribution in [0.3, 0.4) is 0 Å². The van der Waals surface area contributed by atoms with Gasteiger partial charge in [0, 0.05) is 0 Å². The molecule has 0 rings (SSSR count). The van der Waals surface area contributed by atoms with Gasteiger partial charge in [0.2, 0.25) is 0 Å². The van der Waals surface area contributed by atoms with E-state index in [1.54, 1.807) is 0 Å². The van der Waals surface area contributed by atoms with Gasteiger partial charge in [0.05, 0.1) is 0 Å². The fourth-order valence-electron chi connectivity index (χ4n) is 4.34. The van der Waals surface area contributed by atoms with Gasteiger partial charge < -0.3 is 0 Å². The summed E-state index contributed by atoms with van der Waals surface area (Å²) in [7, 11) is 2.57. The average molecular weight is 527 g/mol. The molecule has 0 N–H and O–H groups in total. The van der Waals surface area contributed by atoms with Crippen molar-refractivity contribution >= 4 is 30.3 Å². The van der Waals surface area contributed by atoms with Crippen LogP contribution in [0, 0.1) is 17.8 Å². The Morgan fingerprint density at radius 1 is 0.933 bits per heavy atom. The Morgan fingerprint density at radius 2 is 1.37 bits per heavy atom. The molecule has 0 atom stereocenters. The summed E-state index contributed by atoms with van der Waals surface area (Å²) in [6.45, 7) is 8.99. The molecule has 0 aliphatic heterocycles. The van der Waals surface area contributed by atoms with Crippen LogP contribution in [0.5, 0.6) is 0 Å². The van der Waals surface area contributed by atoms with E-state index in [4.69, 9.17) is 15.9 Å². The molecule has 30 heavy (non-hydrogen) atoms. The zero-order valence-corrected chi connectivity index (χ0v) is 23.1. The van der Waals surface area contributed by atoms with Gasteiger partial charge in [-0.05, 0) is 0 Å². The topological polar surface area (TPSA) is 52.6 Å². The second kappa shape index (κ2) is 15.8. The number of carbonyl (C=O) groups is 2. The summed E-state index contributed by atoms with van der Waals surface area (Å²) in [6.07, 6.45) is 15.5. The van der Waals surface area contributed by atoms with Crippen LogP contribution < -0.4 is 0 Å². The third kappa shape index (κ3) is 9.04. The molecule has 0 aromatic carbocycles. The third-order valence-electron chi connectivity index (χ3n) is 6.19. The number of methoxy groups -OCH3 is 2. The number of unbranched alkanes of at least 4 members (excludes halogenated alkanes) is 3. The van der Waals surface area contributed by atoms with Gasteiger partial charge in [-0.2, -0.15) is 0 Å². The number of terminal acetylenes is 1. The maximum absolute atomic E-state index is 12.5. The van der Waals surface area contributed by atoms with Gasteiger partial charge in [-0.1, -0.05) is 0 Å². The van der Waals surface area contributed by atoms with Crippen molar-refractivity contribution in [3.8, 4) is 12.3 Å². The van der Waals surface area contributed by atoms with Gasteiger partial charge in [-0.15, -0.1) is 0 Å². The first-order valence-corrected chi connectivity index (χ1v) is 19.6. The van der Waals surface area contributed by atoms with Crippen LogP contribution in [-0.2, 0) is 19.1 Å². The number of rotatable bonds is 16. The van der Waals surface area contributed by atoms with Crippen LogP contribution >= 0.6 is 0 Å². The van der Waals surface area contributed by atoms with E-state index in [0.29, 0.717) is 0 Å². The number of hydrogen-bond acceptors (Lipinski definition) is 4. The van der Waals surface area contributed by atoms with Crippen molar-refractivity contribution in [2.75, 3.05) is 14.2 Å². The van der Waals surface area contributed by atoms with Gasteiger partial charge in [-0.25, -0.2) is 0 Å². The fraction of sp³-hybridized carbons (Fsp3) is 0.760. The first kappa shape index (κ1) is 29.0. The summed E-state index contributed by atoms with van der Waals surface area (Å²) in [5, 5.41) is 0. The zero-order valence-electron chi connectivity index (χ0n) is 20.3. The van der Waals surface area contributed by atoms with Crippen LogP contribution in [-0.4, -0.2) is 44.5 Å². The van der Waals surface area contributed by atoms with Crippen LogP contribution in [0.4, 0.5) is 0 Å². The van der Waals surface area contributed by atoms with Crippen LogP contribution in [0.25, 0.3) is 0 Å². The molecule has 0 saturated carbocycles. The van der Waals surface area contributed by atoms with E-state index in [9.17, 15) is 9.59 Å². The minimum absolute atomic E-state index is 0.0218. The zero-order chi connectivity index (χ0) is 23.0. The summed E-state index contributed by atoms with van der Waals surface area (Å²) in [4.78, 5) is 25.0. The first-order chi connectivity index (χ1) is 14.3. The van der Waals surface area contributed by atoms with Crippen LogP contribution in [0.2, 0.25) is 17.7 Å². The van der Waals surface area contributed by atoms with Gasteiger partial charge in [0.1, 0.15) is 0 Å². The molecule has 0 aromatic heterocycles. The molecule has 172 valence electrons. The van der Waals surface area contributed by atoms with Crippen molar-refractivity contribution in [2.24, 2.45) is 5.41 Å². The summed E-state index contributed by atoms with van der Waals surface area (Å²) < 4.78 is 15.4. The quantitative estimate of drug-likeness (QED) is 0.0754. The molecule has 0 aromatic rings. The Balaban J connectivity index is 5.79. The molecule has 0 radical (unpaired) electrons. The predicted molar refractivity (Wildman–Crippen MR) is 128 cm³/mol. The molecule has 5 heteroatoms. The number of allylic oxidation sites excluding steroid dienone is 2. The Labute approximate surface area is 189 Å². The molecule has 0 unspecified atom stereocenters. The Hall–Kier alpha value is -0.961. The van der Waals surface area contributed by atoms with Gasteiger partial charge in [0.15, 0.2) is 0 Å². The van der Waals surface area contributed by atoms with Gasteiger partial charge >= 0.3 is 190 Å². The molecule has 0 saturated heterocycles. The summed E-state index contributed by atoms with van der Waals surface area (Å²) in [5.74, 6) is 1.24. The van der Waals surface area contributed by atoms with Crippen molar-refractivity contribution in [2.45, 2.75) is 96.8 Å². The summed E-state index contributed by atoms with van der Waals surface area (Å²) in [5.41, 5.74) is -0.156. The van der Waals surface area contributed by atoms with Gasteiger partial charge in [0.25, 0.3) is 0 Å². The molecule has 0 heterocycles. The Bertz CT molecular complexity index is 551. The average Bonchev–Trinajstić information content (AvgIpc) is 2.76. The number of ether oxygens (including phenoxy) is 2. The predicted octanol–water partition coefficient (Wildman–Crippen LogP) is 6.53. The molecule has 0 spiro atoms. The van der Waals surface area contributed by atoms with E-state index in [2.05, 4.69) is 39.7 Å². The van der Waals surface area contributed by atoms with Crippen molar-refractivity contribution in [3.63, 3.8) is 0 Å². The van der Waals surface area contributed by atoms with E-state index in [-0.39, 0.29) is 12.8 Å². The minimum atomic E-state index is -2.34. The normalized spacial score (nSPS) is 12.4. The standard InChI is InChI=1S/C13H17O4.3C4H9.Sn/c1-6-8-13(11(14)16-4,12(15)17-5)9-7-10(2)3;3*1-3-4-2;/h1,7H,2,8-9H2,3-5H3;3*1,3-4H2,2H3;/b10-7+;;;;. The van der Waals surface area contributed by atoms with Crippen LogP contribution in [0.15, 0.2) is 11.6 Å². The number of hydrogen-bond donors (Lipinski definition) is 0. The Kier molecular flexibility index (Phi) is 15.3. The molecule has 0 bridgehead atoms. The summed E-state index contributed by atoms with van der Waals surface area (Å²) in [6, 6.07) is 0. The van der Waals surface area contributed by atoms with Crippen molar-refractivity contribution in [1.82, 2.24) is 0 Å². The molecule has 0 amide bonds. The van der Waals surface area contributed by atoms with Crippen molar-refractivity contribution in [1.29, 1.82) is 0 Å². The second-order valence-corrected chi connectivity index (χ2v) is 22.5. The molecule has 0 aliphatic carbocycles. The summed E-state index contributed by atoms with van der Waals surface area (Å²) >= 11 is -2.34. The van der Waals surface area contributed by atoms with E-state index in [1.165, 1.54) is 76.1 Å².